The fourth-order valence-electron chi connectivity index (χ4n) is 2.26. The van der Waals surface area contributed by atoms with Gasteiger partial charge in [0.1, 0.15) is 0 Å². The van der Waals surface area contributed by atoms with Crippen molar-refractivity contribution >= 4 is 0 Å². The first-order valence-electron chi connectivity index (χ1n) is 5.46. The first-order valence-corrected chi connectivity index (χ1v) is 5.46. The average molecular weight is 184 g/mol. The molecule has 0 unspecified atom stereocenters. The Balaban J connectivity index is 1.66. The van der Waals surface area contributed by atoms with E-state index < -0.39 is 0 Å². The van der Waals surface area contributed by atoms with Crippen LogP contribution in [0.3, 0.4) is 0 Å². The van der Waals surface area contributed by atoms with Gasteiger partial charge in [0.05, 0.1) is 6.10 Å². The van der Waals surface area contributed by atoms with Gasteiger partial charge in [0.2, 0.25) is 0 Å². The van der Waals surface area contributed by atoms with Gasteiger partial charge in [-0.25, -0.2) is 0 Å². The second-order valence-corrected chi connectivity index (χ2v) is 3.99. The number of rotatable bonds is 3. The molecule has 0 aromatic heterocycles. The Morgan fingerprint density at radius 3 is 2.62 bits per heavy atom. The summed E-state index contributed by atoms with van der Waals surface area (Å²) in [4.78, 5) is 2.60. The Labute approximate surface area is 80.4 Å². The molecular formula is C10H20N2O. The zero-order valence-electron chi connectivity index (χ0n) is 8.46. The summed E-state index contributed by atoms with van der Waals surface area (Å²) >= 11 is 0. The van der Waals surface area contributed by atoms with Crippen molar-refractivity contribution in [2.24, 2.45) is 0 Å². The lowest BCUT2D eigenvalue weighted by Gasteiger charge is -2.44. The van der Waals surface area contributed by atoms with Crippen LogP contribution in [0.15, 0.2) is 0 Å². The zero-order chi connectivity index (χ0) is 9.10. The van der Waals surface area contributed by atoms with Gasteiger partial charge >= 0.3 is 0 Å². The minimum atomic E-state index is 0.560. The van der Waals surface area contributed by atoms with E-state index in [2.05, 4.69) is 17.1 Å². The summed E-state index contributed by atoms with van der Waals surface area (Å²) < 4.78 is 5.56. The van der Waals surface area contributed by atoms with Gasteiger partial charge in [-0.1, -0.05) is 0 Å². The quantitative estimate of drug-likeness (QED) is 0.689. The van der Waals surface area contributed by atoms with E-state index in [1.807, 2.05) is 0 Å². The van der Waals surface area contributed by atoms with Gasteiger partial charge in [0.15, 0.2) is 0 Å². The third kappa shape index (κ3) is 2.22. The summed E-state index contributed by atoms with van der Waals surface area (Å²) in [6.45, 7) is 7.73. The lowest BCUT2D eigenvalue weighted by atomic mass is 9.87. The van der Waals surface area contributed by atoms with Gasteiger partial charge in [-0.2, -0.15) is 0 Å². The molecule has 2 aliphatic rings. The number of hydrogen-bond donors (Lipinski definition) is 1. The Hall–Kier alpha value is -0.120. The first-order chi connectivity index (χ1) is 6.40. The van der Waals surface area contributed by atoms with Crippen LogP contribution in [0.25, 0.3) is 0 Å². The largest absolute Gasteiger partial charge is 0.378 e. The monoisotopic (exact) mass is 184 g/mol. The van der Waals surface area contributed by atoms with E-state index in [1.165, 1.54) is 25.9 Å². The van der Waals surface area contributed by atoms with E-state index >= 15 is 0 Å². The highest BCUT2D eigenvalue weighted by Crippen LogP contribution is 2.28. The molecule has 1 heterocycles. The molecule has 0 radical (unpaired) electrons. The molecule has 0 amide bonds. The fourth-order valence-corrected chi connectivity index (χ4v) is 2.26. The number of ether oxygens (including phenoxy) is 1. The number of nitrogens with zero attached hydrogens (tertiary/aromatic N) is 1. The summed E-state index contributed by atoms with van der Waals surface area (Å²) in [5.74, 6) is 0. The van der Waals surface area contributed by atoms with Gasteiger partial charge in [-0.3, -0.25) is 4.90 Å². The van der Waals surface area contributed by atoms with E-state index in [1.54, 1.807) is 0 Å². The number of piperazine rings is 1. The van der Waals surface area contributed by atoms with Gasteiger partial charge in [-0.05, 0) is 19.8 Å². The molecule has 1 saturated carbocycles. The van der Waals surface area contributed by atoms with Gasteiger partial charge in [0.25, 0.3) is 0 Å². The SMILES string of the molecule is CCOC1CC(N2CCNCC2)C1. The Kier molecular flexibility index (Phi) is 3.19. The molecule has 0 spiro atoms. The van der Waals surface area contributed by atoms with E-state index in [9.17, 15) is 0 Å². The summed E-state index contributed by atoms with van der Waals surface area (Å²) in [7, 11) is 0. The van der Waals surface area contributed by atoms with Crippen molar-refractivity contribution in [1.29, 1.82) is 0 Å². The minimum absolute atomic E-state index is 0.560. The zero-order valence-corrected chi connectivity index (χ0v) is 8.46. The van der Waals surface area contributed by atoms with E-state index in [4.69, 9.17) is 4.74 Å². The molecule has 0 aromatic carbocycles. The summed E-state index contributed by atoms with van der Waals surface area (Å²) in [5.41, 5.74) is 0. The second-order valence-electron chi connectivity index (χ2n) is 3.99. The maximum Gasteiger partial charge on any atom is 0.0604 e. The molecule has 2 fully saturated rings. The Bertz CT molecular complexity index is 151. The van der Waals surface area contributed by atoms with Crippen molar-refractivity contribution in [2.45, 2.75) is 31.9 Å². The van der Waals surface area contributed by atoms with Crippen LogP contribution in [0, 0.1) is 0 Å². The summed E-state index contributed by atoms with van der Waals surface area (Å²) in [5, 5.41) is 3.38. The van der Waals surface area contributed by atoms with Crippen molar-refractivity contribution in [1.82, 2.24) is 10.2 Å². The molecule has 1 saturated heterocycles. The number of nitrogens with one attached hydrogen (secondary N) is 1. The molecule has 2 rings (SSSR count). The van der Waals surface area contributed by atoms with Crippen molar-refractivity contribution in [3.05, 3.63) is 0 Å². The maximum absolute atomic E-state index is 5.56. The molecule has 0 bridgehead atoms. The maximum atomic E-state index is 5.56. The van der Waals surface area contributed by atoms with Crippen molar-refractivity contribution < 1.29 is 4.74 Å². The van der Waals surface area contributed by atoms with Gasteiger partial charge in [0, 0.05) is 38.8 Å². The standard InChI is InChI=1S/C10H20N2O/c1-2-13-10-7-9(8-10)12-5-3-11-4-6-12/h9-11H,2-8H2,1H3. The Morgan fingerprint density at radius 1 is 1.31 bits per heavy atom. The second kappa shape index (κ2) is 4.40. The highest BCUT2D eigenvalue weighted by molar-refractivity contribution is 4.89. The molecule has 0 aromatic rings. The molecule has 76 valence electrons. The fraction of sp³-hybridized carbons (Fsp3) is 1.00. The van der Waals surface area contributed by atoms with Crippen LogP contribution >= 0.6 is 0 Å². The van der Waals surface area contributed by atoms with Crippen LogP contribution in [0.1, 0.15) is 19.8 Å². The van der Waals surface area contributed by atoms with Crippen LogP contribution in [0.4, 0.5) is 0 Å². The predicted octanol–water partition coefficient (Wildman–Crippen LogP) is 0.459. The first kappa shape index (κ1) is 9.44. The Morgan fingerprint density at radius 2 is 2.00 bits per heavy atom. The van der Waals surface area contributed by atoms with Crippen LogP contribution in [0.5, 0.6) is 0 Å². The average Bonchev–Trinajstić information content (AvgIpc) is 2.12. The molecule has 3 heteroatoms. The van der Waals surface area contributed by atoms with Gasteiger partial charge in [-0.15, -0.1) is 0 Å². The van der Waals surface area contributed by atoms with Crippen LogP contribution in [-0.2, 0) is 4.74 Å². The molecule has 3 nitrogen and oxygen atoms in total. The topological polar surface area (TPSA) is 24.5 Å². The highest BCUT2D eigenvalue weighted by atomic mass is 16.5. The predicted molar refractivity (Wildman–Crippen MR) is 52.9 cm³/mol. The van der Waals surface area contributed by atoms with Crippen LogP contribution < -0.4 is 5.32 Å². The third-order valence-corrected chi connectivity index (χ3v) is 3.14. The summed E-state index contributed by atoms with van der Waals surface area (Å²) in [6, 6.07) is 0.818. The molecule has 1 aliphatic carbocycles. The van der Waals surface area contributed by atoms with E-state index in [0.29, 0.717) is 6.10 Å². The van der Waals surface area contributed by atoms with Crippen molar-refractivity contribution in [2.75, 3.05) is 32.8 Å². The van der Waals surface area contributed by atoms with Crippen LogP contribution in [0.2, 0.25) is 0 Å². The molecule has 1 N–H and O–H groups in total. The molecule has 0 atom stereocenters. The smallest absolute Gasteiger partial charge is 0.0604 e. The summed E-state index contributed by atoms with van der Waals surface area (Å²) in [6.07, 6.45) is 3.08. The van der Waals surface area contributed by atoms with Crippen molar-refractivity contribution in [3.8, 4) is 0 Å². The third-order valence-electron chi connectivity index (χ3n) is 3.14. The highest BCUT2D eigenvalue weighted by Gasteiger charge is 2.34. The van der Waals surface area contributed by atoms with Crippen molar-refractivity contribution in [3.63, 3.8) is 0 Å². The minimum Gasteiger partial charge on any atom is -0.378 e. The number of hydrogen-bond acceptors (Lipinski definition) is 3. The van der Waals surface area contributed by atoms with E-state index in [-0.39, 0.29) is 0 Å². The normalized spacial score (nSPS) is 35.8. The lowest BCUT2D eigenvalue weighted by molar-refractivity contribution is -0.0486. The molecule has 1 aliphatic heterocycles. The molecule has 13 heavy (non-hydrogen) atoms. The molecular weight excluding hydrogens is 164 g/mol. The lowest BCUT2D eigenvalue weighted by Crippen LogP contribution is -2.54. The van der Waals surface area contributed by atoms with E-state index in [0.717, 1.165) is 25.7 Å². The van der Waals surface area contributed by atoms with Crippen LogP contribution in [-0.4, -0.2) is 49.8 Å². The van der Waals surface area contributed by atoms with Gasteiger partial charge < -0.3 is 10.1 Å².